The van der Waals surface area contributed by atoms with Crippen molar-refractivity contribution in [3.05, 3.63) is 65.2 Å². The van der Waals surface area contributed by atoms with Gasteiger partial charge in [-0.25, -0.2) is 0 Å². The van der Waals surface area contributed by atoms with Gasteiger partial charge in [-0.15, -0.1) is 0 Å². The first-order valence-electron chi connectivity index (χ1n) is 15.8. The third-order valence-corrected chi connectivity index (χ3v) is 7.41. The molecule has 0 saturated heterocycles. The number of para-hydroxylation sites is 1. The molecular formula is C36H53N5O3. The molecule has 240 valence electrons. The lowest BCUT2D eigenvalue weighted by molar-refractivity contribution is -0.123. The first-order chi connectivity index (χ1) is 20.5. The Balaban J connectivity index is 1.75. The molecule has 44 heavy (non-hydrogen) atoms. The summed E-state index contributed by atoms with van der Waals surface area (Å²) >= 11 is 0. The highest BCUT2D eigenvalue weighted by Gasteiger charge is 2.29. The van der Waals surface area contributed by atoms with E-state index in [1.54, 1.807) is 4.90 Å². The average molecular weight is 604 g/mol. The Morgan fingerprint density at radius 1 is 0.818 bits per heavy atom. The topological polar surface area (TPSA) is 117 Å². The molecule has 0 aromatic heterocycles. The molecule has 0 saturated carbocycles. The van der Waals surface area contributed by atoms with E-state index in [1.807, 2.05) is 63.2 Å². The van der Waals surface area contributed by atoms with Gasteiger partial charge in [-0.1, -0.05) is 77.1 Å². The van der Waals surface area contributed by atoms with Gasteiger partial charge in [0.05, 0.1) is 23.6 Å². The van der Waals surface area contributed by atoms with Crippen molar-refractivity contribution in [1.29, 1.82) is 0 Å². The molecule has 0 spiro atoms. The first kappa shape index (κ1) is 34.7. The monoisotopic (exact) mass is 603 g/mol. The SMILES string of the molecule is CC(C)(C)CC(C)(C)CN/C1=C(\N)c2ccccc2N(C(=O)CCNC(=O)CCCC(=O)NC(C)(C)C)Cc2ccccc21. The molecule has 1 heterocycles. The van der Waals surface area contributed by atoms with Gasteiger partial charge in [0, 0.05) is 49.0 Å². The van der Waals surface area contributed by atoms with Gasteiger partial charge in [0.2, 0.25) is 17.7 Å². The second-order valence-electron chi connectivity index (χ2n) is 14.9. The Morgan fingerprint density at radius 3 is 2.09 bits per heavy atom. The summed E-state index contributed by atoms with van der Waals surface area (Å²) in [6, 6.07) is 15.8. The van der Waals surface area contributed by atoms with Crippen molar-refractivity contribution in [1.82, 2.24) is 16.0 Å². The van der Waals surface area contributed by atoms with E-state index in [-0.39, 0.29) is 59.9 Å². The van der Waals surface area contributed by atoms with Crippen LogP contribution in [0.15, 0.2) is 48.5 Å². The quantitative estimate of drug-likeness (QED) is 0.253. The molecule has 0 atom stereocenters. The van der Waals surface area contributed by atoms with Crippen LogP contribution in [0.4, 0.5) is 5.69 Å². The predicted molar refractivity (Wildman–Crippen MR) is 180 cm³/mol. The Labute approximate surface area is 264 Å². The maximum Gasteiger partial charge on any atom is 0.229 e. The van der Waals surface area contributed by atoms with Crippen molar-refractivity contribution < 1.29 is 14.4 Å². The fourth-order valence-electron chi connectivity index (χ4n) is 6.04. The van der Waals surface area contributed by atoms with E-state index in [0.29, 0.717) is 18.7 Å². The van der Waals surface area contributed by atoms with E-state index >= 15 is 0 Å². The normalized spacial score (nSPS) is 15.4. The smallest absolute Gasteiger partial charge is 0.229 e. The number of amides is 3. The van der Waals surface area contributed by atoms with Crippen molar-refractivity contribution in [2.75, 3.05) is 18.0 Å². The standard InChI is InChI=1S/C36H53N5O3/c1-34(2,3)23-36(7,8)24-39-33-26-15-10-9-14-25(26)22-41(28-17-12-11-16-27(28)32(33)37)31(44)20-21-38-29(42)18-13-19-30(43)40-35(4,5)6/h9-12,14-17,39H,13,18-24,37H2,1-8H3,(H,38,42)(H,40,43)/b33-32-. The average Bonchev–Trinajstić information content (AvgIpc) is 2.89. The molecule has 3 amide bonds. The van der Waals surface area contributed by atoms with Crippen LogP contribution < -0.4 is 26.6 Å². The zero-order valence-corrected chi connectivity index (χ0v) is 28.0. The highest BCUT2D eigenvalue weighted by molar-refractivity contribution is 6.01. The summed E-state index contributed by atoms with van der Waals surface area (Å²) < 4.78 is 0. The number of hydrogen-bond acceptors (Lipinski definition) is 5. The second-order valence-corrected chi connectivity index (χ2v) is 14.9. The molecular weight excluding hydrogens is 550 g/mol. The van der Waals surface area contributed by atoms with Crippen LogP contribution in [0.2, 0.25) is 0 Å². The largest absolute Gasteiger partial charge is 0.396 e. The van der Waals surface area contributed by atoms with Gasteiger partial charge < -0.3 is 26.6 Å². The molecule has 3 rings (SSSR count). The maximum absolute atomic E-state index is 13.7. The Morgan fingerprint density at radius 2 is 1.43 bits per heavy atom. The number of anilines is 1. The summed E-state index contributed by atoms with van der Waals surface area (Å²) in [5, 5.41) is 9.45. The first-order valence-corrected chi connectivity index (χ1v) is 15.8. The van der Waals surface area contributed by atoms with Crippen LogP contribution in [0.3, 0.4) is 0 Å². The van der Waals surface area contributed by atoms with Crippen molar-refractivity contribution in [3.63, 3.8) is 0 Å². The maximum atomic E-state index is 13.7. The highest BCUT2D eigenvalue weighted by Crippen LogP contribution is 2.37. The van der Waals surface area contributed by atoms with Crippen molar-refractivity contribution in [3.8, 4) is 0 Å². The minimum absolute atomic E-state index is 0.0354. The molecule has 1 aliphatic rings. The number of nitrogens with two attached hydrogens (primary N) is 1. The highest BCUT2D eigenvalue weighted by atomic mass is 16.2. The molecule has 0 bridgehead atoms. The van der Waals surface area contributed by atoms with Gasteiger partial charge in [-0.3, -0.25) is 14.4 Å². The number of carbonyl (C=O) groups is 3. The fraction of sp³-hybridized carbons (Fsp3) is 0.528. The molecule has 5 N–H and O–H groups in total. The summed E-state index contributed by atoms with van der Waals surface area (Å²) in [6.07, 6.45) is 2.16. The van der Waals surface area contributed by atoms with Crippen LogP contribution >= 0.6 is 0 Å². The van der Waals surface area contributed by atoms with E-state index in [0.717, 1.165) is 41.0 Å². The van der Waals surface area contributed by atoms with Crippen LogP contribution in [0.1, 0.15) is 104 Å². The van der Waals surface area contributed by atoms with Gasteiger partial charge in [-0.2, -0.15) is 0 Å². The lowest BCUT2D eigenvalue weighted by atomic mass is 9.76. The van der Waals surface area contributed by atoms with Gasteiger partial charge >= 0.3 is 0 Å². The lowest BCUT2D eigenvalue weighted by Gasteiger charge is -2.35. The van der Waals surface area contributed by atoms with Crippen molar-refractivity contribution in [2.45, 2.75) is 99.6 Å². The van der Waals surface area contributed by atoms with E-state index in [9.17, 15) is 14.4 Å². The Kier molecular flexibility index (Phi) is 11.3. The van der Waals surface area contributed by atoms with E-state index in [2.05, 4.69) is 56.6 Å². The van der Waals surface area contributed by atoms with Crippen LogP contribution in [-0.2, 0) is 20.9 Å². The zero-order chi connectivity index (χ0) is 32.7. The molecule has 8 nitrogen and oxygen atoms in total. The Bertz CT molecular complexity index is 1360. The van der Waals surface area contributed by atoms with Crippen molar-refractivity contribution >= 4 is 34.8 Å². The number of carbonyl (C=O) groups excluding carboxylic acids is 3. The molecule has 0 unspecified atom stereocenters. The van der Waals surface area contributed by atoms with E-state index in [1.165, 1.54) is 0 Å². The number of benzene rings is 2. The Hall–Kier alpha value is -3.81. The molecule has 2 aromatic carbocycles. The summed E-state index contributed by atoms with van der Waals surface area (Å²) in [7, 11) is 0. The minimum atomic E-state index is -0.299. The number of hydrogen-bond donors (Lipinski definition) is 4. The summed E-state index contributed by atoms with van der Waals surface area (Å²) in [4.78, 5) is 39.9. The lowest BCUT2D eigenvalue weighted by Crippen LogP contribution is -2.40. The van der Waals surface area contributed by atoms with Gasteiger partial charge in [0.1, 0.15) is 0 Å². The third kappa shape index (κ3) is 10.4. The predicted octanol–water partition coefficient (Wildman–Crippen LogP) is 5.96. The van der Waals surface area contributed by atoms with Gasteiger partial charge in [0.25, 0.3) is 0 Å². The second kappa shape index (κ2) is 14.3. The minimum Gasteiger partial charge on any atom is -0.396 e. The zero-order valence-electron chi connectivity index (χ0n) is 28.0. The molecule has 0 radical (unpaired) electrons. The number of nitrogens with zero attached hydrogens (tertiary/aromatic N) is 1. The molecule has 8 heteroatoms. The van der Waals surface area contributed by atoms with E-state index in [4.69, 9.17) is 5.73 Å². The summed E-state index contributed by atoms with van der Waals surface area (Å²) in [5.41, 5.74) is 11.8. The molecule has 1 aliphatic heterocycles. The van der Waals surface area contributed by atoms with Crippen LogP contribution in [0.25, 0.3) is 11.4 Å². The summed E-state index contributed by atoms with van der Waals surface area (Å²) in [6.45, 7) is 18.4. The van der Waals surface area contributed by atoms with Crippen LogP contribution in [-0.4, -0.2) is 36.3 Å². The van der Waals surface area contributed by atoms with Crippen molar-refractivity contribution in [2.24, 2.45) is 16.6 Å². The van der Waals surface area contributed by atoms with Crippen LogP contribution in [0, 0.1) is 10.8 Å². The van der Waals surface area contributed by atoms with Crippen LogP contribution in [0.5, 0.6) is 0 Å². The molecule has 0 fully saturated rings. The van der Waals surface area contributed by atoms with E-state index < -0.39 is 0 Å². The summed E-state index contributed by atoms with van der Waals surface area (Å²) in [5.74, 6) is -0.346. The molecule has 0 aliphatic carbocycles. The number of nitrogens with one attached hydrogen (secondary N) is 3. The van der Waals surface area contributed by atoms with Gasteiger partial charge in [0.15, 0.2) is 0 Å². The molecule has 2 aromatic rings. The number of rotatable bonds is 11. The third-order valence-electron chi connectivity index (χ3n) is 7.41. The van der Waals surface area contributed by atoms with Gasteiger partial charge in [-0.05, 0) is 56.1 Å². The fourth-order valence-corrected chi connectivity index (χ4v) is 6.04. The number of fused-ring (bicyclic) bond motifs is 2.